The van der Waals surface area contributed by atoms with Gasteiger partial charge in [0.2, 0.25) is 0 Å². The molecule has 1 aromatic carbocycles. The smallest absolute Gasteiger partial charge is 0.256 e. The van der Waals surface area contributed by atoms with E-state index in [1.807, 2.05) is 30.8 Å². The van der Waals surface area contributed by atoms with Gasteiger partial charge in [-0.3, -0.25) is 14.6 Å². The second kappa shape index (κ2) is 9.19. The minimum Gasteiger partial charge on any atom is -0.339 e. The second-order valence-electron chi connectivity index (χ2n) is 10.6. The van der Waals surface area contributed by atoms with E-state index in [0.29, 0.717) is 28.9 Å². The van der Waals surface area contributed by atoms with Gasteiger partial charge >= 0.3 is 0 Å². The summed E-state index contributed by atoms with van der Waals surface area (Å²) in [6.45, 7) is 9.06. The molecule has 184 valence electrons. The minimum absolute atomic E-state index is 0.000820. The Kier molecular flexibility index (Phi) is 6.21. The maximum Gasteiger partial charge on any atom is 0.256 e. The number of Topliss-reactive ketones (excluding diaryl/α,β-unsaturated/α-hetero) is 1. The lowest BCUT2D eigenvalue weighted by Crippen LogP contribution is -2.50. The Balaban J connectivity index is 1.45. The number of ketones is 1. The van der Waals surface area contributed by atoms with Crippen LogP contribution in [0.15, 0.2) is 36.8 Å². The van der Waals surface area contributed by atoms with E-state index in [1.54, 1.807) is 18.0 Å². The molecule has 5 rings (SSSR count). The lowest BCUT2D eigenvalue weighted by atomic mass is 9.82. The first-order chi connectivity index (χ1) is 16.7. The summed E-state index contributed by atoms with van der Waals surface area (Å²) in [5.74, 6) is 0.851. The lowest BCUT2D eigenvalue weighted by Gasteiger charge is -2.42. The fourth-order valence-electron chi connectivity index (χ4n) is 5.45. The van der Waals surface area contributed by atoms with Crippen LogP contribution in [0.1, 0.15) is 48.2 Å². The predicted octanol–water partition coefficient (Wildman–Crippen LogP) is 4.41. The Labute approximate surface area is 205 Å². The SMILES string of the molecule is Cc1cncc2c1c(CC1CN(CC3CC(=O)C3)C1)cn2-c1ccc(F)cc1C(=O)N(C)C(C)C. The largest absolute Gasteiger partial charge is 0.339 e. The molecule has 3 heterocycles. The van der Waals surface area contributed by atoms with Gasteiger partial charge in [-0.25, -0.2) is 4.39 Å². The molecule has 7 heteroatoms. The quantitative estimate of drug-likeness (QED) is 0.507. The number of aryl methyl sites for hydroxylation is 1. The van der Waals surface area contributed by atoms with E-state index in [9.17, 15) is 14.0 Å². The number of likely N-dealkylation sites (tertiary alicyclic amines) is 1. The van der Waals surface area contributed by atoms with Crippen molar-refractivity contribution in [2.75, 3.05) is 26.7 Å². The van der Waals surface area contributed by atoms with Crippen LogP contribution in [0, 0.1) is 24.6 Å². The van der Waals surface area contributed by atoms with E-state index in [1.165, 1.54) is 17.7 Å². The third-order valence-electron chi connectivity index (χ3n) is 7.62. The third-order valence-corrected chi connectivity index (χ3v) is 7.62. The molecule has 1 saturated heterocycles. The Hall–Kier alpha value is -3.06. The lowest BCUT2D eigenvalue weighted by molar-refractivity contribution is -0.127. The number of carbonyl (C=O) groups is 2. The summed E-state index contributed by atoms with van der Waals surface area (Å²) in [6, 6.07) is 4.43. The zero-order chi connectivity index (χ0) is 24.9. The van der Waals surface area contributed by atoms with Crippen LogP contribution in [-0.2, 0) is 11.2 Å². The van der Waals surface area contributed by atoms with E-state index in [-0.39, 0.29) is 11.9 Å². The topological polar surface area (TPSA) is 58.4 Å². The molecule has 2 aliphatic rings. The number of pyridine rings is 1. The Morgan fingerprint density at radius 2 is 1.94 bits per heavy atom. The fourth-order valence-corrected chi connectivity index (χ4v) is 5.45. The van der Waals surface area contributed by atoms with Crippen molar-refractivity contribution in [2.45, 2.75) is 46.1 Å². The summed E-state index contributed by atoms with van der Waals surface area (Å²) >= 11 is 0. The molecular weight excluding hydrogens is 443 g/mol. The highest BCUT2D eigenvalue weighted by atomic mass is 19.1. The van der Waals surface area contributed by atoms with Gasteiger partial charge in [0.05, 0.1) is 23.0 Å². The van der Waals surface area contributed by atoms with Crippen LogP contribution < -0.4 is 0 Å². The van der Waals surface area contributed by atoms with E-state index in [4.69, 9.17) is 0 Å². The molecule has 0 spiro atoms. The van der Waals surface area contributed by atoms with Crippen molar-refractivity contribution in [1.82, 2.24) is 19.4 Å². The van der Waals surface area contributed by atoms with Crippen LogP contribution >= 0.6 is 0 Å². The van der Waals surface area contributed by atoms with Crippen molar-refractivity contribution in [3.8, 4) is 5.69 Å². The Morgan fingerprint density at radius 1 is 1.20 bits per heavy atom. The summed E-state index contributed by atoms with van der Waals surface area (Å²) in [5, 5.41) is 1.16. The number of nitrogens with zero attached hydrogens (tertiary/aromatic N) is 4. The Morgan fingerprint density at radius 3 is 2.63 bits per heavy atom. The average Bonchev–Trinajstić information content (AvgIpc) is 3.14. The highest BCUT2D eigenvalue weighted by molar-refractivity contribution is 5.99. The molecule has 0 bridgehead atoms. The number of rotatable bonds is 7. The highest BCUT2D eigenvalue weighted by Crippen LogP contribution is 2.33. The maximum absolute atomic E-state index is 14.3. The molecule has 35 heavy (non-hydrogen) atoms. The molecule has 1 saturated carbocycles. The number of fused-ring (bicyclic) bond motifs is 1. The number of hydrogen-bond donors (Lipinski definition) is 0. The first-order valence-electron chi connectivity index (χ1n) is 12.5. The number of halogens is 1. The molecule has 0 N–H and O–H groups in total. The van der Waals surface area contributed by atoms with Gasteiger partial charge in [0.25, 0.3) is 5.91 Å². The van der Waals surface area contributed by atoms with Crippen LogP contribution in [-0.4, -0.2) is 63.8 Å². The van der Waals surface area contributed by atoms with Gasteiger partial charge < -0.3 is 14.4 Å². The number of carbonyl (C=O) groups excluding carboxylic acids is 2. The molecular formula is C28H33FN4O2. The van der Waals surface area contributed by atoms with E-state index >= 15 is 0 Å². The number of benzene rings is 1. The summed E-state index contributed by atoms with van der Waals surface area (Å²) in [5.41, 5.74) is 4.25. The van der Waals surface area contributed by atoms with Gasteiger partial charge in [0.15, 0.2) is 0 Å². The highest BCUT2D eigenvalue weighted by Gasteiger charge is 2.34. The van der Waals surface area contributed by atoms with E-state index < -0.39 is 5.82 Å². The van der Waals surface area contributed by atoms with Crippen molar-refractivity contribution in [2.24, 2.45) is 11.8 Å². The van der Waals surface area contributed by atoms with Crippen molar-refractivity contribution in [3.05, 3.63) is 59.3 Å². The molecule has 2 fully saturated rings. The second-order valence-corrected chi connectivity index (χ2v) is 10.6. The summed E-state index contributed by atoms with van der Waals surface area (Å²) in [7, 11) is 1.74. The summed E-state index contributed by atoms with van der Waals surface area (Å²) in [4.78, 5) is 33.0. The van der Waals surface area contributed by atoms with Gasteiger partial charge in [-0.15, -0.1) is 0 Å². The molecule has 3 aromatic rings. The van der Waals surface area contributed by atoms with Crippen LogP contribution in [0.4, 0.5) is 4.39 Å². The van der Waals surface area contributed by atoms with Crippen LogP contribution in [0.3, 0.4) is 0 Å². The van der Waals surface area contributed by atoms with Gasteiger partial charge in [-0.2, -0.15) is 0 Å². The van der Waals surface area contributed by atoms with Crippen LogP contribution in [0.25, 0.3) is 16.6 Å². The first kappa shape index (κ1) is 23.7. The minimum atomic E-state index is -0.428. The third kappa shape index (κ3) is 4.49. The van der Waals surface area contributed by atoms with Gasteiger partial charge in [0.1, 0.15) is 11.6 Å². The van der Waals surface area contributed by atoms with Crippen LogP contribution in [0.5, 0.6) is 0 Å². The number of hydrogen-bond acceptors (Lipinski definition) is 4. The number of aromatic nitrogens is 2. The zero-order valence-corrected chi connectivity index (χ0v) is 20.9. The van der Waals surface area contributed by atoms with Crippen molar-refractivity contribution in [3.63, 3.8) is 0 Å². The number of amides is 1. The molecule has 6 nitrogen and oxygen atoms in total. The summed E-state index contributed by atoms with van der Waals surface area (Å²) < 4.78 is 16.3. The van der Waals surface area contributed by atoms with Gasteiger partial charge in [-0.05, 0) is 68.4 Å². The maximum atomic E-state index is 14.3. The molecule has 1 aliphatic heterocycles. The molecule has 2 aromatic heterocycles. The van der Waals surface area contributed by atoms with E-state index in [2.05, 4.69) is 23.0 Å². The molecule has 0 radical (unpaired) electrons. The standard InChI is InChI=1S/C28H33FN4O2/c1-17(2)31(4)28(35)24-10-22(29)5-6-25(24)33-16-21(27-18(3)11-30-12-26(27)33)7-20-14-32(15-20)13-19-8-23(34)9-19/h5-6,10-12,16-17,19-20H,7-9,13-15H2,1-4H3. The fraction of sp³-hybridized carbons (Fsp3) is 0.464. The predicted molar refractivity (Wildman–Crippen MR) is 134 cm³/mol. The van der Waals surface area contributed by atoms with E-state index in [0.717, 1.165) is 55.4 Å². The molecule has 1 aliphatic carbocycles. The average molecular weight is 477 g/mol. The normalized spacial score (nSPS) is 17.1. The van der Waals surface area contributed by atoms with Gasteiger partial charge in [-0.1, -0.05) is 0 Å². The first-order valence-corrected chi connectivity index (χ1v) is 12.5. The van der Waals surface area contributed by atoms with Crippen molar-refractivity contribution >= 4 is 22.6 Å². The molecule has 1 amide bonds. The zero-order valence-electron chi connectivity index (χ0n) is 20.9. The van der Waals surface area contributed by atoms with Gasteiger partial charge in [0, 0.05) is 63.3 Å². The molecule has 0 unspecified atom stereocenters. The van der Waals surface area contributed by atoms with Crippen molar-refractivity contribution in [1.29, 1.82) is 0 Å². The molecule has 0 atom stereocenters. The monoisotopic (exact) mass is 476 g/mol. The van der Waals surface area contributed by atoms with Crippen molar-refractivity contribution < 1.29 is 14.0 Å². The Bertz CT molecular complexity index is 1280. The van der Waals surface area contributed by atoms with Crippen LogP contribution in [0.2, 0.25) is 0 Å². The summed E-state index contributed by atoms with van der Waals surface area (Å²) in [6.07, 6.45) is 8.23.